The number of hydrogen-bond donors (Lipinski definition) is 0. The molecule has 2 aromatic rings. The Labute approximate surface area is 140 Å². The second-order valence-electron chi connectivity index (χ2n) is 5.00. The number of nitrogens with zero attached hydrogens (tertiary/aromatic N) is 2. The number of nitriles is 1. The number of allylic oxidation sites excluding steroid dienone is 2. The number of benzene rings is 2. The van der Waals surface area contributed by atoms with Crippen molar-refractivity contribution < 1.29 is 9.66 Å². The molecule has 0 aromatic heterocycles. The van der Waals surface area contributed by atoms with Crippen LogP contribution in [0.2, 0.25) is 0 Å². The quantitative estimate of drug-likeness (QED) is 0.302. The molecule has 0 aliphatic carbocycles. The Morgan fingerprint density at radius 2 is 2.00 bits per heavy atom. The molecule has 120 valence electrons. The minimum Gasteiger partial charge on any atom is -0.457 e. The lowest BCUT2D eigenvalue weighted by molar-refractivity contribution is -0.385. The summed E-state index contributed by atoms with van der Waals surface area (Å²) in [4.78, 5) is 10.7. The normalized spacial score (nSPS) is 10.7. The summed E-state index contributed by atoms with van der Waals surface area (Å²) in [6.45, 7) is 3.62. The van der Waals surface area contributed by atoms with Gasteiger partial charge in [0.1, 0.15) is 11.5 Å². The van der Waals surface area contributed by atoms with Crippen molar-refractivity contribution in [3.05, 3.63) is 82.4 Å². The lowest BCUT2D eigenvalue weighted by Gasteiger charge is -2.07. The lowest BCUT2D eigenvalue weighted by Crippen LogP contribution is -1.94. The van der Waals surface area contributed by atoms with Crippen LogP contribution < -0.4 is 4.74 Å². The van der Waals surface area contributed by atoms with Gasteiger partial charge in [0.25, 0.3) is 5.69 Å². The zero-order valence-electron chi connectivity index (χ0n) is 13.0. The van der Waals surface area contributed by atoms with Gasteiger partial charge in [-0.1, -0.05) is 24.3 Å². The number of ether oxygens (including phenoxy) is 1. The molecule has 0 spiro atoms. The summed E-state index contributed by atoms with van der Waals surface area (Å²) in [5, 5.41) is 20.4. The Morgan fingerprint density at radius 3 is 2.62 bits per heavy atom. The molecule has 0 radical (unpaired) electrons. The Morgan fingerprint density at radius 1 is 1.25 bits per heavy atom. The van der Waals surface area contributed by atoms with Crippen LogP contribution in [0.15, 0.2) is 66.8 Å². The maximum Gasteiger partial charge on any atom is 0.276 e. The Hall–Kier alpha value is -3.39. The molecule has 2 aromatic carbocycles. The smallest absolute Gasteiger partial charge is 0.276 e. The van der Waals surface area contributed by atoms with Gasteiger partial charge in [0, 0.05) is 11.6 Å². The molecule has 0 unspecified atom stereocenters. The van der Waals surface area contributed by atoms with Crippen LogP contribution >= 0.6 is 0 Å². The molecule has 0 N–H and O–H groups in total. The van der Waals surface area contributed by atoms with E-state index in [1.807, 2.05) is 18.2 Å². The second kappa shape index (κ2) is 8.30. The van der Waals surface area contributed by atoms with Gasteiger partial charge in [-0.2, -0.15) is 5.26 Å². The van der Waals surface area contributed by atoms with Gasteiger partial charge in [0.2, 0.25) is 0 Å². The van der Waals surface area contributed by atoms with E-state index in [-0.39, 0.29) is 5.69 Å². The molecule has 0 saturated carbocycles. The van der Waals surface area contributed by atoms with Crippen LogP contribution in [0.5, 0.6) is 11.5 Å². The van der Waals surface area contributed by atoms with Crippen molar-refractivity contribution in [1.82, 2.24) is 0 Å². The molecule has 5 nitrogen and oxygen atoms in total. The summed E-state index contributed by atoms with van der Waals surface area (Å²) in [7, 11) is 0. The Kier molecular flexibility index (Phi) is 5.87. The summed E-state index contributed by atoms with van der Waals surface area (Å²) < 4.78 is 5.70. The van der Waals surface area contributed by atoms with Crippen LogP contribution in [0.1, 0.15) is 18.4 Å². The van der Waals surface area contributed by atoms with Crippen LogP contribution in [0, 0.1) is 21.4 Å². The molecule has 2 rings (SSSR count). The van der Waals surface area contributed by atoms with Crippen LogP contribution in [-0.2, 0) is 0 Å². The molecule has 0 atom stereocenters. The summed E-state index contributed by atoms with van der Waals surface area (Å²) in [6.07, 6.45) is 4.35. The Bertz CT molecular complexity index is 805. The zero-order chi connectivity index (χ0) is 17.4. The second-order valence-corrected chi connectivity index (χ2v) is 5.00. The highest BCUT2D eigenvalue weighted by atomic mass is 16.6. The summed E-state index contributed by atoms with van der Waals surface area (Å²) in [5.41, 5.74) is 0.727. The van der Waals surface area contributed by atoms with Crippen LogP contribution in [0.3, 0.4) is 0 Å². The molecule has 0 saturated heterocycles. The van der Waals surface area contributed by atoms with Crippen molar-refractivity contribution in [1.29, 1.82) is 5.26 Å². The third kappa shape index (κ3) is 4.55. The van der Waals surface area contributed by atoms with E-state index in [1.54, 1.807) is 24.3 Å². The van der Waals surface area contributed by atoms with Crippen molar-refractivity contribution in [2.24, 2.45) is 0 Å². The van der Waals surface area contributed by atoms with Gasteiger partial charge >= 0.3 is 0 Å². The largest absolute Gasteiger partial charge is 0.457 e. The van der Waals surface area contributed by atoms with E-state index in [1.165, 1.54) is 18.2 Å². The first-order chi connectivity index (χ1) is 11.6. The van der Waals surface area contributed by atoms with E-state index in [9.17, 15) is 15.4 Å². The van der Waals surface area contributed by atoms with E-state index in [2.05, 4.69) is 12.6 Å². The highest BCUT2D eigenvalue weighted by Crippen LogP contribution is 2.29. The van der Waals surface area contributed by atoms with Crippen molar-refractivity contribution in [2.75, 3.05) is 0 Å². The number of rotatable bonds is 7. The summed E-state index contributed by atoms with van der Waals surface area (Å²) in [5.74, 6) is 1.10. The number of para-hydroxylation sites is 1. The molecular weight excluding hydrogens is 304 g/mol. The predicted octanol–water partition coefficient (Wildman–Crippen LogP) is 5.26. The maximum absolute atomic E-state index is 11.2. The molecule has 0 aliphatic rings. The molecule has 24 heavy (non-hydrogen) atoms. The van der Waals surface area contributed by atoms with Crippen molar-refractivity contribution in [3.8, 4) is 17.6 Å². The van der Waals surface area contributed by atoms with Crippen LogP contribution in [0.25, 0.3) is 6.08 Å². The molecular formula is C19H16N2O3. The third-order valence-corrected chi connectivity index (χ3v) is 3.27. The Balaban J connectivity index is 2.38. The number of hydrogen-bond acceptors (Lipinski definition) is 4. The number of nitro benzene ring substituents is 1. The molecule has 0 aliphatic heterocycles. The van der Waals surface area contributed by atoms with Crippen LogP contribution in [0.4, 0.5) is 5.69 Å². The summed E-state index contributed by atoms with van der Waals surface area (Å²) >= 11 is 0. The van der Waals surface area contributed by atoms with Gasteiger partial charge in [-0.15, -0.1) is 6.58 Å². The average molecular weight is 320 g/mol. The predicted molar refractivity (Wildman–Crippen MR) is 92.6 cm³/mol. The standard InChI is InChI=1S/C19H16N2O3/c1-2-3-7-15(14-20)12-16-13-18(10-11-19(16)21(22)23)24-17-8-5-4-6-9-17/h2,4-6,8-13H,1,3,7H2/b15-12-. The highest BCUT2D eigenvalue weighted by molar-refractivity contribution is 5.67. The molecule has 0 fully saturated rings. The molecule has 0 bridgehead atoms. The fraction of sp³-hybridized carbons (Fsp3) is 0.105. The fourth-order valence-corrected chi connectivity index (χ4v) is 2.11. The minimum atomic E-state index is -0.472. The highest BCUT2D eigenvalue weighted by Gasteiger charge is 2.14. The zero-order valence-corrected chi connectivity index (χ0v) is 13.0. The van der Waals surface area contributed by atoms with Crippen LogP contribution in [-0.4, -0.2) is 4.92 Å². The van der Waals surface area contributed by atoms with Crippen molar-refractivity contribution in [2.45, 2.75) is 12.8 Å². The first kappa shape index (κ1) is 17.0. The van der Waals surface area contributed by atoms with E-state index in [0.29, 0.717) is 35.5 Å². The topological polar surface area (TPSA) is 76.2 Å². The molecule has 0 amide bonds. The van der Waals surface area contributed by atoms with Gasteiger partial charge in [-0.3, -0.25) is 10.1 Å². The monoisotopic (exact) mass is 320 g/mol. The lowest BCUT2D eigenvalue weighted by atomic mass is 10.1. The van der Waals surface area contributed by atoms with Crippen molar-refractivity contribution in [3.63, 3.8) is 0 Å². The van der Waals surface area contributed by atoms with Gasteiger partial charge in [-0.05, 0) is 43.2 Å². The average Bonchev–Trinajstić information content (AvgIpc) is 2.59. The van der Waals surface area contributed by atoms with E-state index in [0.717, 1.165) is 0 Å². The maximum atomic E-state index is 11.2. The van der Waals surface area contributed by atoms with E-state index >= 15 is 0 Å². The molecule has 5 heteroatoms. The van der Waals surface area contributed by atoms with Gasteiger partial charge in [0.05, 0.1) is 16.6 Å². The van der Waals surface area contributed by atoms with Gasteiger partial charge < -0.3 is 4.74 Å². The third-order valence-electron chi connectivity index (χ3n) is 3.27. The minimum absolute atomic E-state index is 0.0678. The van der Waals surface area contributed by atoms with E-state index in [4.69, 9.17) is 4.74 Å². The van der Waals surface area contributed by atoms with Gasteiger partial charge in [-0.25, -0.2) is 0 Å². The fourth-order valence-electron chi connectivity index (χ4n) is 2.11. The molecule has 0 heterocycles. The van der Waals surface area contributed by atoms with Gasteiger partial charge in [0.15, 0.2) is 0 Å². The number of nitro groups is 1. The summed E-state index contributed by atoms with van der Waals surface area (Å²) in [6, 6.07) is 15.7. The SMILES string of the molecule is C=CCC/C(C#N)=C/c1cc(Oc2ccccc2)ccc1[N+](=O)[O-]. The first-order valence-electron chi connectivity index (χ1n) is 7.37. The van der Waals surface area contributed by atoms with E-state index < -0.39 is 4.92 Å². The van der Waals surface area contributed by atoms with Crippen molar-refractivity contribution >= 4 is 11.8 Å². The first-order valence-corrected chi connectivity index (χ1v) is 7.37.